The van der Waals surface area contributed by atoms with E-state index < -0.39 is 0 Å². The number of nitrogens with zero attached hydrogens (tertiary/aromatic N) is 2. The molecule has 0 bridgehead atoms. The van der Waals surface area contributed by atoms with Gasteiger partial charge in [-0.25, -0.2) is 0 Å². The molecule has 2 N–H and O–H groups in total. The van der Waals surface area contributed by atoms with Gasteiger partial charge in [-0.05, 0) is 32.9 Å². The predicted molar refractivity (Wildman–Crippen MR) is 76.0 cm³/mol. The van der Waals surface area contributed by atoms with Crippen molar-refractivity contribution < 1.29 is 9.90 Å². The molecule has 1 heterocycles. The van der Waals surface area contributed by atoms with Crippen LogP contribution in [-0.4, -0.2) is 58.6 Å². The summed E-state index contributed by atoms with van der Waals surface area (Å²) in [6, 6.07) is 4.07. The summed E-state index contributed by atoms with van der Waals surface area (Å²) in [6.07, 6.45) is -0.361. The summed E-state index contributed by atoms with van der Waals surface area (Å²) in [4.78, 5) is 18.6. The Morgan fingerprint density at radius 3 is 2.42 bits per heavy atom. The van der Waals surface area contributed by atoms with Crippen molar-refractivity contribution in [3.63, 3.8) is 0 Å². The lowest BCUT2D eigenvalue weighted by atomic mass is 10.2. The minimum atomic E-state index is -0.361. The standard InChI is InChI=1S/C14H25N3O2/c1-10(2)17(8-11(3)18)9-12-6-7-13(15-12)14(19)16(4)5/h6-7,10-11,15,18H,8-9H2,1-5H3. The minimum Gasteiger partial charge on any atom is -0.392 e. The van der Waals surface area contributed by atoms with E-state index in [0.29, 0.717) is 24.8 Å². The summed E-state index contributed by atoms with van der Waals surface area (Å²) >= 11 is 0. The number of H-pyrrole nitrogens is 1. The van der Waals surface area contributed by atoms with E-state index in [1.165, 1.54) is 0 Å². The minimum absolute atomic E-state index is 0.0297. The maximum absolute atomic E-state index is 11.8. The molecule has 0 aliphatic heterocycles. The van der Waals surface area contributed by atoms with Gasteiger partial charge in [0.1, 0.15) is 5.69 Å². The van der Waals surface area contributed by atoms with Crippen LogP contribution in [0.1, 0.15) is 37.0 Å². The van der Waals surface area contributed by atoms with E-state index in [4.69, 9.17) is 0 Å². The van der Waals surface area contributed by atoms with E-state index in [1.807, 2.05) is 6.07 Å². The third kappa shape index (κ3) is 4.69. The maximum Gasteiger partial charge on any atom is 0.269 e. The highest BCUT2D eigenvalue weighted by atomic mass is 16.3. The fourth-order valence-corrected chi connectivity index (χ4v) is 1.91. The number of rotatable bonds is 6. The first-order valence-corrected chi connectivity index (χ1v) is 6.63. The van der Waals surface area contributed by atoms with Gasteiger partial charge in [0.25, 0.3) is 5.91 Å². The van der Waals surface area contributed by atoms with Gasteiger partial charge in [0.05, 0.1) is 6.10 Å². The van der Waals surface area contributed by atoms with Crippen LogP contribution in [0.15, 0.2) is 12.1 Å². The number of aliphatic hydroxyl groups is 1. The molecule has 1 unspecified atom stereocenters. The zero-order valence-electron chi connectivity index (χ0n) is 12.5. The molecule has 0 aromatic carbocycles. The van der Waals surface area contributed by atoms with E-state index in [-0.39, 0.29) is 12.0 Å². The molecule has 1 atom stereocenters. The van der Waals surface area contributed by atoms with Gasteiger partial charge in [0.15, 0.2) is 0 Å². The van der Waals surface area contributed by atoms with Gasteiger partial charge >= 0.3 is 0 Å². The second-order valence-electron chi connectivity index (χ2n) is 5.47. The summed E-state index contributed by atoms with van der Waals surface area (Å²) in [7, 11) is 3.47. The number of aliphatic hydroxyl groups excluding tert-OH is 1. The van der Waals surface area contributed by atoms with Crippen LogP contribution in [0.4, 0.5) is 0 Å². The summed E-state index contributed by atoms with van der Waals surface area (Å²) in [6.45, 7) is 7.29. The lowest BCUT2D eigenvalue weighted by Crippen LogP contribution is -2.36. The number of hydrogen-bond donors (Lipinski definition) is 2. The Morgan fingerprint density at radius 1 is 1.32 bits per heavy atom. The molecule has 0 saturated carbocycles. The quantitative estimate of drug-likeness (QED) is 0.817. The highest BCUT2D eigenvalue weighted by Crippen LogP contribution is 2.10. The molecule has 0 fully saturated rings. The van der Waals surface area contributed by atoms with Gasteiger partial charge in [-0.15, -0.1) is 0 Å². The molecule has 5 nitrogen and oxygen atoms in total. The van der Waals surface area contributed by atoms with E-state index in [1.54, 1.807) is 32.0 Å². The lowest BCUT2D eigenvalue weighted by Gasteiger charge is -2.27. The van der Waals surface area contributed by atoms with Crippen molar-refractivity contribution in [2.24, 2.45) is 0 Å². The molecule has 1 amide bonds. The third-order valence-corrected chi connectivity index (χ3v) is 2.99. The van der Waals surface area contributed by atoms with Crippen LogP contribution in [0.3, 0.4) is 0 Å². The molecule has 0 aliphatic carbocycles. The molecule has 108 valence electrons. The Labute approximate surface area is 115 Å². The normalized spacial score (nSPS) is 13.1. The van der Waals surface area contributed by atoms with Gasteiger partial charge in [0, 0.05) is 38.9 Å². The number of carbonyl (C=O) groups is 1. The Hall–Kier alpha value is -1.33. The topological polar surface area (TPSA) is 59.6 Å². The van der Waals surface area contributed by atoms with Crippen molar-refractivity contribution in [1.82, 2.24) is 14.8 Å². The van der Waals surface area contributed by atoms with Crippen molar-refractivity contribution in [1.29, 1.82) is 0 Å². The van der Waals surface area contributed by atoms with Gasteiger partial charge in [0.2, 0.25) is 0 Å². The molecule has 1 rings (SSSR count). The fraction of sp³-hybridized carbons (Fsp3) is 0.643. The maximum atomic E-state index is 11.8. The summed E-state index contributed by atoms with van der Waals surface area (Å²) < 4.78 is 0. The predicted octanol–water partition coefficient (Wildman–Crippen LogP) is 1.31. The Kier molecular flexibility index (Phi) is 5.57. The van der Waals surface area contributed by atoms with Gasteiger partial charge < -0.3 is 15.0 Å². The highest BCUT2D eigenvalue weighted by Gasteiger charge is 2.15. The van der Waals surface area contributed by atoms with Crippen molar-refractivity contribution in [3.05, 3.63) is 23.5 Å². The molecule has 19 heavy (non-hydrogen) atoms. The van der Waals surface area contributed by atoms with Crippen LogP contribution < -0.4 is 0 Å². The van der Waals surface area contributed by atoms with Crippen molar-refractivity contribution in [3.8, 4) is 0 Å². The largest absolute Gasteiger partial charge is 0.392 e. The molecular weight excluding hydrogens is 242 g/mol. The average Bonchev–Trinajstić information content (AvgIpc) is 2.74. The van der Waals surface area contributed by atoms with E-state index in [0.717, 1.165) is 5.69 Å². The third-order valence-electron chi connectivity index (χ3n) is 2.99. The van der Waals surface area contributed by atoms with E-state index in [9.17, 15) is 9.90 Å². The molecule has 0 spiro atoms. The number of aromatic nitrogens is 1. The number of amides is 1. The van der Waals surface area contributed by atoms with E-state index in [2.05, 4.69) is 23.7 Å². The fourth-order valence-electron chi connectivity index (χ4n) is 1.91. The van der Waals surface area contributed by atoms with E-state index >= 15 is 0 Å². The zero-order valence-corrected chi connectivity index (χ0v) is 12.5. The number of nitrogens with one attached hydrogen (secondary N) is 1. The highest BCUT2D eigenvalue weighted by molar-refractivity contribution is 5.92. The first-order chi connectivity index (χ1) is 8.81. The SMILES string of the molecule is CC(O)CN(Cc1ccc(C(=O)N(C)C)[nH]1)C(C)C. The second-order valence-corrected chi connectivity index (χ2v) is 5.47. The zero-order chi connectivity index (χ0) is 14.6. The number of aromatic amines is 1. The molecule has 0 radical (unpaired) electrons. The van der Waals surface area contributed by atoms with Crippen molar-refractivity contribution in [2.75, 3.05) is 20.6 Å². The second kappa shape index (κ2) is 6.73. The first-order valence-electron chi connectivity index (χ1n) is 6.63. The van der Waals surface area contributed by atoms with Crippen LogP contribution in [0.25, 0.3) is 0 Å². The van der Waals surface area contributed by atoms with Crippen molar-refractivity contribution in [2.45, 2.75) is 39.5 Å². The molecule has 0 saturated heterocycles. The molecule has 1 aromatic heterocycles. The Balaban J connectivity index is 2.73. The van der Waals surface area contributed by atoms with Gasteiger partial charge in [-0.2, -0.15) is 0 Å². The average molecular weight is 267 g/mol. The summed E-state index contributed by atoms with van der Waals surface area (Å²) in [5, 5.41) is 9.50. The first kappa shape index (κ1) is 15.7. The number of hydrogen-bond acceptors (Lipinski definition) is 3. The number of carbonyl (C=O) groups excluding carboxylic acids is 1. The van der Waals surface area contributed by atoms with Crippen LogP contribution >= 0.6 is 0 Å². The van der Waals surface area contributed by atoms with Crippen LogP contribution in [0, 0.1) is 0 Å². The van der Waals surface area contributed by atoms with Crippen LogP contribution in [-0.2, 0) is 6.54 Å². The molecule has 1 aromatic rings. The monoisotopic (exact) mass is 267 g/mol. The summed E-state index contributed by atoms with van der Waals surface area (Å²) in [5.41, 5.74) is 1.58. The molecular formula is C14H25N3O2. The lowest BCUT2D eigenvalue weighted by molar-refractivity contribution is 0.0821. The van der Waals surface area contributed by atoms with Gasteiger partial charge in [-0.1, -0.05) is 0 Å². The molecule has 5 heteroatoms. The molecule has 0 aliphatic rings. The van der Waals surface area contributed by atoms with Gasteiger partial charge in [-0.3, -0.25) is 9.69 Å². The smallest absolute Gasteiger partial charge is 0.269 e. The Bertz CT molecular complexity index is 411. The summed E-state index contributed by atoms with van der Waals surface area (Å²) in [5.74, 6) is -0.0297. The van der Waals surface area contributed by atoms with Crippen LogP contribution in [0.2, 0.25) is 0 Å². The van der Waals surface area contributed by atoms with Crippen molar-refractivity contribution >= 4 is 5.91 Å². The Morgan fingerprint density at radius 2 is 1.95 bits per heavy atom. The van der Waals surface area contributed by atoms with Crippen LogP contribution in [0.5, 0.6) is 0 Å².